The van der Waals surface area contributed by atoms with Gasteiger partial charge in [-0.2, -0.15) is 0 Å². The summed E-state index contributed by atoms with van der Waals surface area (Å²) in [6.45, 7) is 2.90. The molecule has 1 N–H and O–H groups in total. The molecular formula is C16H19F2NO5. The van der Waals surface area contributed by atoms with Crippen LogP contribution in [0, 0.1) is 17.6 Å². The largest absolute Gasteiger partial charge is 0.467 e. The Bertz CT molecular complexity index is 600. The maximum atomic E-state index is 13.0. The molecule has 1 rings (SSSR count). The molecular weight excluding hydrogens is 324 g/mol. The molecule has 132 valence electrons. The first-order valence-electron chi connectivity index (χ1n) is 7.28. The topological polar surface area (TPSA) is 81.7 Å². The van der Waals surface area contributed by atoms with Crippen molar-refractivity contribution in [3.8, 4) is 0 Å². The van der Waals surface area contributed by atoms with E-state index in [0.717, 1.165) is 12.1 Å². The van der Waals surface area contributed by atoms with Crippen LogP contribution in [0.2, 0.25) is 0 Å². The maximum Gasteiger partial charge on any atom is 0.338 e. The van der Waals surface area contributed by atoms with Gasteiger partial charge in [-0.25, -0.2) is 18.4 Å². The number of amides is 1. The first-order valence-corrected chi connectivity index (χ1v) is 7.28. The molecule has 0 spiro atoms. The van der Waals surface area contributed by atoms with E-state index in [1.54, 1.807) is 6.92 Å². The molecule has 0 saturated heterocycles. The van der Waals surface area contributed by atoms with E-state index in [2.05, 4.69) is 10.1 Å². The molecule has 1 aromatic carbocycles. The van der Waals surface area contributed by atoms with Crippen LogP contribution in [0.4, 0.5) is 8.78 Å². The van der Waals surface area contributed by atoms with Crippen molar-refractivity contribution in [1.29, 1.82) is 0 Å². The van der Waals surface area contributed by atoms with Crippen LogP contribution in [0.15, 0.2) is 18.2 Å². The van der Waals surface area contributed by atoms with Crippen LogP contribution in [0.25, 0.3) is 0 Å². The van der Waals surface area contributed by atoms with Gasteiger partial charge in [-0.1, -0.05) is 20.3 Å². The number of carbonyl (C=O) groups is 3. The fourth-order valence-electron chi connectivity index (χ4n) is 1.90. The van der Waals surface area contributed by atoms with Gasteiger partial charge >= 0.3 is 11.9 Å². The fourth-order valence-corrected chi connectivity index (χ4v) is 1.90. The number of ether oxygens (including phenoxy) is 2. The molecule has 8 heteroatoms. The highest BCUT2D eigenvalue weighted by Crippen LogP contribution is 2.10. The number of hydrogen-bond acceptors (Lipinski definition) is 5. The number of nitrogens with one attached hydrogen (secondary N) is 1. The zero-order valence-electron chi connectivity index (χ0n) is 13.6. The molecule has 2 unspecified atom stereocenters. The Kier molecular flexibility index (Phi) is 7.29. The van der Waals surface area contributed by atoms with Crippen LogP contribution >= 0.6 is 0 Å². The van der Waals surface area contributed by atoms with Gasteiger partial charge in [0.2, 0.25) is 0 Å². The number of esters is 2. The second-order valence-corrected chi connectivity index (χ2v) is 5.19. The summed E-state index contributed by atoms with van der Waals surface area (Å²) in [6.07, 6.45) is 0.613. The van der Waals surface area contributed by atoms with Crippen molar-refractivity contribution in [3.05, 3.63) is 35.4 Å². The van der Waals surface area contributed by atoms with E-state index < -0.39 is 42.1 Å². The smallest absolute Gasteiger partial charge is 0.338 e. The van der Waals surface area contributed by atoms with Crippen LogP contribution < -0.4 is 5.32 Å². The number of methoxy groups -OCH3 is 1. The van der Waals surface area contributed by atoms with Crippen LogP contribution in [0.3, 0.4) is 0 Å². The fraction of sp³-hybridized carbons (Fsp3) is 0.438. The molecule has 0 aliphatic heterocycles. The molecule has 0 saturated carbocycles. The molecule has 24 heavy (non-hydrogen) atoms. The van der Waals surface area contributed by atoms with E-state index in [0.29, 0.717) is 12.5 Å². The number of halogens is 2. The molecule has 0 aliphatic carbocycles. The van der Waals surface area contributed by atoms with Gasteiger partial charge in [-0.3, -0.25) is 4.79 Å². The molecule has 6 nitrogen and oxygen atoms in total. The average molecular weight is 343 g/mol. The van der Waals surface area contributed by atoms with Gasteiger partial charge in [-0.15, -0.1) is 0 Å². The highest BCUT2D eigenvalue weighted by molar-refractivity contribution is 5.92. The molecule has 2 atom stereocenters. The van der Waals surface area contributed by atoms with E-state index in [1.165, 1.54) is 7.11 Å². The summed E-state index contributed by atoms with van der Waals surface area (Å²) in [4.78, 5) is 35.2. The van der Waals surface area contributed by atoms with Gasteiger partial charge in [0.1, 0.15) is 17.7 Å². The van der Waals surface area contributed by atoms with Crippen molar-refractivity contribution in [2.24, 2.45) is 5.92 Å². The van der Waals surface area contributed by atoms with Gasteiger partial charge in [-0.05, 0) is 18.1 Å². The van der Waals surface area contributed by atoms with Gasteiger partial charge in [0.15, 0.2) is 6.61 Å². The predicted molar refractivity (Wildman–Crippen MR) is 80.0 cm³/mol. The van der Waals surface area contributed by atoms with Crippen LogP contribution in [0.5, 0.6) is 0 Å². The molecule has 0 aliphatic rings. The lowest BCUT2D eigenvalue weighted by Crippen LogP contribution is -2.47. The highest BCUT2D eigenvalue weighted by atomic mass is 19.1. The molecule has 0 aromatic heterocycles. The van der Waals surface area contributed by atoms with Gasteiger partial charge in [0.05, 0.1) is 12.7 Å². The first kappa shape index (κ1) is 19.5. The monoisotopic (exact) mass is 343 g/mol. The summed E-state index contributed by atoms with van der Waals surface area (Å²) < 4.78 is 35.4. The molecule has 1 aromatic rings. The van der Waals surface area contributed by atoms with Crippen LogP contribution in [0.1, 0.15) is 30.6 Å². The number of carbonyl (C=O) groups excluding carboxylic acids is 3. The van der Waals surface area contributed by atoms with Crippen LogP contribution in [-0.4, -0.2) is 37.6 Å². The van der Waals surface area contributed by atoms with E-state index >= 15 is 0 Å². The van der Waals surface area contributed by atoms with E-state index in [4.69, 9.17) is 4.74 Å². The lowest BCUT2D eigenvalue weighted by molar-refractivity contribution is -0.147. The first-order chi connectivity index (χ1) is 11.3. The molecule has 0 fully saturated rings. The second-order valence-electron chi connectivity index (χ2n) is 5.19. The second kappa shape index (κ2) is 8.95. The van der Waals surface area contributed by atoms with Crippen LogP contribution in [-0.2, 0) is 19.1 Å². The van der Waals surface area contributed by atoms with E-state index in [9.17, 15) is 23.2 Å². The number of rotatable bonds is 7. The van der Waals surface area contributed by atoms with Crippen molar-refractivity contribution < 1.29 is 32.6 Å². The third-order valence-electron chi connectivity index (χ3n) is 3.42. The van der Waals surface area contributed by atoms with Crippen molar-refractivity contribution in [1.82, 2.24) is 5.32 Å². The lowest BCUT2D eigenvalue weighted by Gasteiger charge is -2.21. The summed E-state index contributed by atoms with van der Waals surface area (Å²) in [5.41, 5.74) is -0.355. The Labute approximate surface area is 138 Å². The molecule has 0 heterocycles. The lowest BCUT2D eigenvalue weighted by atomic mass is 9.99. The molecule has 0 bridgehead atoms. The van der Waals surface area contributed by atoms with Crippen molar-refractivity contribution in [2.75, 3.05) is 13.7 Å². The Morgan fingerprint density at radius 2 is 1.75 bits per heavy atom. The Hall–Kier alpha value is -2.51. The molecule has 1 amide bonds. The van der Waals surface area contributed by atoms with Crippen molar-refractivity contribution in [3.63, 3.8) is 0 Å². The zero-order valence-corrected chi connectivity index (χ0v) is 13.6. The molecule has 0 radical (unpaired) electrons. The maximum absolute atomic E-state index is 13.0. The third kappa shape index (κ3) is 5.60. The Morgan fingerprint density at radius 1 is 1.17 bits per heavy atom. The van der Waals surface area contributed by atoms with Crippen molar-refractivity contribution in [2.45, 2.75) is 26.3 Å². The SMILES string of the molecule is CCC(C)C(NC(=O)COC(=O)c1cc(F)cc(F)c1)C(=O)OC. The standard InChI is InChI=1S/C16H19F2NO5/c1-4-9(2)14(16(22)23-3)19-13(20)8-24-15(21)10-5-11(17)7-12(18)6-10/h5-7,9,14H,4,8H2,1-3H3,(H,19,20). The number of benzene rings is 1. The average Bonchev–Trinajstić information content (AvgIpc) is 2.55. The minimum Gasteiger partial charge on any atom is -0.467 e. The van der Waals surface area contributed by atoms with Crippen molar-refractivity contribution >= 4 is 17.8 Å². The summed E-state index contributed by atoms with van der Waals surface area (Å²) in [7, 11) is 1.20. The summed E-state index contributed by atoms with van der Waals surface area (Å²) in [5, 5.41) is 2.41. The number of hydrogen-bond donors (Lipinski definition) is 1. The third-order valence-corrected chi connectivity index (χ3v) is 3.42. The van der Waals surface area contributed by atoms with E-state index in [1.807, 2.05) is 6.92 Å². The summed E-state index contributed by atoms with van der Waals surface area (Å²) >= 11 is 0. The minimum absolute atomic E-state index is 0.186. The normalized spacial score (nSPS) is 12.9. The zero-order chi connectivity index (χ0) is 18.3. The van der Waals surface area contributed by atoms with Gasteiger partial charge in [0, 0.05) is 6.07 Å². The van der Waals surface area contributed by atoms with Gasteiger partial charge in [0.25, 0.3) is 5.91 Å². The summed E-state index contributed by atoms with van der Waals surface area (Å²) in [5.74, 6) is -4.45. The van der Waals surface area contributed by atoms with E-state index in [-0.39, 0.29) is 11.5 Å². The Balaban J connectivity index is 2.64. The quantitative estimate of drug-likeness (QED) is 0.764. The highest BCUT2D eigenvalue weighted by Gasteiger charge is 2.27. The minimum atomic E-state index is -1.05. The predicted octanol–water partition coefficient (Wildman–Crippen LogP) is 1.83. The summed E-state index contributed by atoms with van der Waals surface area (Å²) in [6, 6.07) is 1.31. The Morgan fingerprint density at radius 3 is 2.25 bits per heavy atom. The van der Waals surface area contributed by atoms with Gasteiger partial charge < -0.3 is 14.8 Å².